The quantitative estimate of drug-likeness (QED) is 0.228. The van der Waals surface area contributed by atoms with E-state index in [4.69, 9.17) is 0 Å². The highest BCUT2D eigenvalue weighted by Gasteiger charge is 2.30. The standard InChI is InChI=1S/C40H31N3/c1-27-33-15-7-5-12-29(33)25-26-43(37-24-21-28-11-6-8-16-34(28)38(27)37)32-22-19-31(20-23-32)40-39(30-13-3-2-4-14-30)41-35-17-9-10-18-36(35)42-40/h2-26,39-42H,1H2/b26-25-. The fraction of sp³-hybridized carbons (Fsp3) is 0.0500. The summed E-state index contributed by atoms with van der Waals surface area (Å²) in [6.45, 7) is 4.63. The Balaban J connectivity index is 1.23. The Labute approximate surface area is 252 Å². The van der Waals surface area contributed by atoms with Gasteiger partial charge < -0.3 is 15.5 Å². The molecule has 2 unspecified atom stereocenters. The van der Waals surface area contributed by atoms with Crippen LogP contribution in [0.15, 0.2) is 152 Å². The molecular formula is C40H31N3. The lowest BCUT2D eigenvalue weighted by Crippen LogP contribution is -2.30. The van der Waals surface area contributed by atoms with Crippen molar-refractivity contribution in [2.24, 2.45) is 0 Å². The highest BCUT2D eigenvalue weighted by atomic mass is 15.1. The minimum atomic E-state index is 0.0668. The zero-order chi connectivity index (χ0) is 28.8. The van der Waals surface area contributed by atoms with Crippen LogP contribution in [0.4, 0.5) is 22.7 Å². The Morgan fingerprint density at radius 2 is 1.19 bits per heavy atom. The summed E-state index contributed by atoms with van der Waals surface area (Å²) >= 11 is 0. The minimum absolute atomic E-state index is 0.0668. The van der Waals surface area contributed by atoms with Crippen molar-refractivity contribution < 1.29 is 0 Å². The van der Waals surface area contributed by atoms with E-state index in [-0.39, 0.29) is 12.1 Å². The number of anilines is 4. The summed E-state index contributed by atoms with van der Waals surface area (Å²) in [5.74, 6) is 0. The van der Waals surface area contributed by atoms with E-state index in [1.807, 2.05) is 0 Å². The SMILES string of the molecule is C=C1c2ccccc2/C=C\N(c2ccc(C3Nc4ccccc4NC3c3ccccc3)cc2)c2ccc3ccccc3c21. The molecule has 0 radical (unpaired) electrons. The molecule has 3 nitrogen and oxygen atoms in total. The first-order valence-electron chi connectivity index (χ1n) is 14.8. The van der Waals surface area contributed by atoms with Gasteiger partial charge in [0.15, 0.2) is 0 Å². The van der Waals surface area contributed by atoms with Gasteiger partial charge >= 0.3 is 0 Å². The van der Waals surface area contributed by atoms with E-state index >= 15 is 0 Å². The van der Waals surface area contributed by atoms with Crippen molar-refractivity contribution in [2.45, 2.75) is 12.1 Å². The fourth-order valence-electron chi connectivity index (χ4n) is 6.58. The summed E-state index contributed by atoms with van der Waals surface area (Å²) in [6.07, 6.45) is 4.39. The van der Waals surface area contributed by atoms with Crippen LogP contribution in [0.1, 0.15) is 39.9 Å². The molecule has 0 saturated carbocycles. The second-order valence-corrected chi connectivity index (χ2v) is 11.2. The first-order valence-corrected chi connectivity index (χ1v) is 14.8. The summed E-state index contributed by atoms with van der Waals surface area (Å²) in [7, 11) is 0. The van der Waals surface area contributed by atoms with Gasteiger partial charge in [0.25, 0.3) is 0 Å². The second kappa shape index (κ2) is 10.4. The third kappa shape index (κ3) is 4.38. The van der Waals surface area contributed by atoms with Crippen molar-refractivity contribution in [1.29, 1.82) is 0 Å². The van der Waals surface area contributed by atoms with Crippen LogP contribution in [-0.4, -0.2) is 0 Å². The summed E-state index contributed by atoms with van der Waals surface area (Å²) < 4.78 is 0. The maximum Gasteiger partial charge on any atom is 0.0758 e. The Hall–Kier alpha value is -5.54. The Morgan fingerprint density at radius 3 is 1.95 bits per heavy atom. The van der Waals surface area contributed by atoms with Gasteiger partial charge in [0.2, 0.25) is 0 Å². The van der Waals surface area contributed by atoms with Crippen LogP contribution in [0, 0.1) is 0 Å². The van der Waals surface area contributed by atoms with E-state index in [0.29, 0.717) is 0 Å². The van der Waals surface area contributed by atoms with Gasteiger partial charge in [-0.3, -0.25) is 0 Å². The Morgan fingerprint density at radius 1 is 0.558 bits per heavy atom. The van der Waals surface area contributed by atoms with Gasteiger partial charge in [0.1, 0.15) is 0 Å². The van der Waals surface area contributed by atoms with Crippen LogP contribution >= 0.6 is 0 Å². The Bertz CT molecular complexity index is 2010. The van der Waals surface area contributed by atoms with E-state index in [1.54, 1.807) is 0 Å². The van der Waals surface area contributed by atoms with Gasteiger partial charge in [0, 0.05) is 17.5 Å². The molecule has 0 aromatic heterocycles. The topological polar surface area (TPSA) is 27.3 Å². The monoisotopic (exact) mass is 553 g/mol. The molecule has 0 bridgehead atoms. The lowest BCUT2D eigenvalue weighted by atomic mass is 9.88. The summed E-state index contributed by atoms with van der Waals surface area (Å²) in [4.78, 5) is 2.29. The molecule has 6 aromatic rings. The molecule has 2 aliphatic heterocycles. The summed E-state index contributed by atoms with van der Waals surface area (Å²) in [5, 5.41) is 10.1. The molecule has 0 spiro atoms. The van der Waals surface area contributed by atoms with Crippen molar-refractivity contribution in [2.75, 3.05) is 15.5 Å². The molecule has 2 heterocycles. The molecule has 3 heteroatoms. The zero-order valence-electron chi connectivity index (χ0n) is 23.7. The van der Waals surface area contributed by atoms with E-state index in [0.717, 1.165) is 45.0 Å². The molecule has 2 N–H and O–H groups in total. The van der Waals surface area contributed by atoms with Gasteiger partial charge in [-0.15, -0.1) is 0 Å². The van der Waals surface area contributed by atoms with Crippen LogP contribution in [-0.2, 0) is 0 Å². The fourth-order valence-corrected chi connectivity index (χ4v) is 6.58. The third-order valence-electron chi connectivity index (χ3n) is 8.73. The van der Waals surface area contributed by atoms with Crippen LogP contribution in [0.5, 0.6) is 0 Å². The smallest absolute Gasteiger partial charge is 0.0758 e. The number of rotatable bonds is 3. The van der Waals surface area contributed by atoms with E-state index < -0.39 is 0 Å². The minimum Gasteiger partial charge on any atom is -0.374 e. The Kier molecular flexibility index (Phi) is 6.08. The van der Waals surface area contributed by atoms with Crippen molar-refractivity contribution >= 4 is 45.2 Å². The molecule has 206 valence electrons. The first kappa shape index (κ1) is 25.2. The molecular weight excluding hydrogens is 522 g/mol. The number of benzene rings is 6. The predicted octanol–water partition coefficient (Wildman–Crippen LogP) is 10.3. The number of para-hydroxylation sites is 2. The van der Waals surface area contributed by atoms with Crippen LogP contribution in [0.3, 0.4) is 0 Å². The second-order valence-electron chi connectivity index (χ2n) is 11.2. The van der Waals surface area contributed by atoms with Gasteiger partial charge in [-0.25, -0.2) is 0 Å². The normalized spacial score (nSPS) is 17.9. The lowest BCUT2D eigenvalue weighted by Gasteiger charge is -2.37. The highest BCUT2D eigenvalue weighted by Crippen LogP contribution is 2.45. The van der Waals surface area contributed by atoms with Gasteiger partial charge in [-0.2, -0.15) is 0 Å². The van der Waals surface area contributed by atoms with E-state index in [2.05, 4.69) is 174 Å². The van der Waals surface area contributed by atoms with E-state index in [1.165, 1.54) is 21.9 Å². The zero-order valence-corrected chi connectivity index (χ0v) is 23.7. The lowest BCUT2D eigenvalue weighted by molar-refractivity contribution is 0.636. The number of hydrogen-bond donors (Lipinski definition) is 2. The summed E-state index contributed by atoms with van der Waals surface area (Å²) in [6, 6.07) is 49.8. The highest BCUT2D eigenvalue weighted by molar-refractivity contribution is 6.05. The van der Waals surface area contributed by atoms with Crippen LogP contribution in [0.2, 0.25) is 0 Å². The molecule has 6 aromatic carbocycles. The molecule has 0 saturated heterocycles. The number of nitrogens with one attached hydrogen (secondary N) is 2. The molecule has 43 heavy (non-hydrogen) atoms. The summed E-state index contributed by atoms with van der Waals surface area (Å²) in [5.41, 5.74) is 11.5. The van der Waals surface area contributed by atoms with Gasteiger partial charge in [-0.1, -0.05) is 116 Å². The third-order valence-corrected chi connectivity index (χ3v) is 8.73. The van der Waals surface area contributed by atoms with Gasteiger partial charge in [0.05, 0.1) is 29.1 Å². The first-order chi connectivity index (χ1) is 21.2. The van der Waals surface area contributed by atoms with Gasteiger partial charge in [-0.05, 0) is 75.0 Å². The largest absolute Gasteiger partial charge is 0.374 e. The number of nitrogens with zero attached hydrogens (tertiary/aromatic N) is 1. The van der Waals surface area contributed by atoms with Crippen molar-refractivity contribution in [3.05, 3.63) is 180 Å². The number of hydrogen-bond acceptors (Lipinski definition) is 3. The number of fused-ring (bicyclic) bond motifs is 5. The molecule has 2 aliphatic rings. The van der Waals surface area contributed by atoms with Crippen molar-refractivity contribution in [1.82, 2.24) is 0 Å². The maximum atomic E-state index is 4.63. The average molecular weight is 554 g/mol. The molecule has 0 fully saturated rings. The van der Waals surface area contributed by atoms with Crippen LogP contribution < -0.4 is 15.5 Å². The molecule has 0 aliphatic carbocycles. The van der Waals surface area contributed by atoms with Crippen molar-refractivity contribution in [3.63, 3.8) is 0 Å². The van der Waals surface area contributed by atoms with Crippen molar-refractivity contribution in [3.8, 4) is 0 Å². The van der Waals surface area contributed by atoms with E-state index in [9.17, 15) is 0 Å². The predicted molar refractivity (Wildman–Crippen MR) is 182 cm³/mol. The van der Waals surface area contributed by atoms with Crippen LogP contribution in [0.25, 0.3) is 22.4 Å². The molecule has 2 atom stereocenters. The molecule has 0 amide bonds. The maximum absolute atomic E-state index is 4.63. The average Bonchev–Trinajstić information content (AvgIpc) is 3.07. The molecule has 8 rings (SSSR count).